The van der Waals surface area contributed by atoms with E-state index in [2.05, 4.69) is 0 Å². The molecule has 1 amide bonds. The second kappa shape index (κ2) is 7.85. The van der Waals surface area contributed by atoms with Crippen LogP contribution in [0.15, 0.2) is 59.5 Å². The number of para-hydroxylation sites is 1. The van der Waals surface area contributed by atoms with Crippen molar-refractivity contribution in [2.75, 3.05) is 0 Å². The molecule has 1 aliphatic rings. The van der Waals surface area contributed by atoms with Gasteiger partial charge in [-0.3, -0.25) is 9.69 Å². The van der Waals surface area contributed by atoms with Crippen LogP contribution in [-0.2, 0) is 11.3 Å². The van der Waals surface area contributed by atoms with E-state index < -0.39 is 0 Å². The fraction of sp³-hybridized carbons (Fsp3) is 0.200. The second-order valence-corrected chi connectivity index (χ2v) is 7.63. The summed E-state index contributed by atoms with van der Waals surface area (Å²) in [7, 11) is 0. The summed E-state index contributed by atoms with van der Waals surface area (Å²) in [6.07, 6.45) is 1.93. The van der Waals surface area contributed by atoms with Crippen molar-refractivity contribution in [1.82, 2.24) is 4.90 Å². The van der Waals surface area contributed by atoms with Gasteiger partial charge in [-0.25, -0.2) is 0 Å². The van der Waals surface area contributed by atoms with Crippen molar-refractivity contribution >= 4 is 40.3 Å². The molecule has 0 unspecified atom stereocenters. The summed E-state index contributed by atoms with van der Waals surface area (Å²) >= 11 is 6.75. The van der Waals surface area contributed by atoms with Gasteiger partial charge in [-0.05, 0) is 31.6 Å². The summed E-state index contributed by atoms with van der Waals surface area (Å²) in [5, 5.41) is 0. The Morgan fingerprint density at radius 3 is 2.52 bits per heavy atom. The molecule has 0 N–H and O–H groups in total. The molecular weight excluding hydrogens is 350 g/mol. The number of carbonyl (C=O) groups excluding carboxylic acids is 1. The molecule has 0 aromatic heterocycles. The van der Waals surface area contributed by atoms with Crippen molar-refractivity contribution in [3.05, 3.63) is 70.6 Å². The maximum Gasteiger partial charge on any atom is 0.266 e. The quantitative estimate of drug-likeness (QED) is 0.555. The fourth-order valence-electron chi connectivity index (χ4n) is 2.50. The van der Waals surface area contributed by atoms with Crippen LogP contribution in [0.5, 0.6) is 5.75 Å². The molecular formula is C20H19NO2S2. The third kappa shape index (κ3) is 4.30. The predicted molar refractivity (Wildman–Crippen MR) is 107 cm³/mol. The average molecular weight is 370 g/mol. The summed E-state index contributed by atoms with van der Waals surface area (Å²) in [6, 6.07) is 17.6. The van der Waals surface area contributed by atoms with E-state index >= 15 is 0 Å². The van der Waals surface area contributed by atoms with E-state index in [1.807, 2.05) is 74.5 Å². The van der Waals surface area contributed by atoms with E-state index in [1.54, 1.807) is 4.90 Å². The van der Waals surface area contributed by atoms with Crippen molar-refractivity contribution in [3.63, 3.8) is 0 Å². The smallest absolute Gasteiger partial charge is 0.266 e. The lowest BCUT2D eigenvalue weighted by molar-refractivity contribution is -0.122. The zero-order valence-electron chi connectivity index (χ0n) is 14.1. The minimum absolute atomic E-state index is 0.0572. The van der Waals surface area contributed by atoms with Gasteiger partial charge in [0.1, 0.15) is 10.1 Å². The predicted octanol–water partition coefficient (Wildman–Crippen LogP) is 4.88. The molecule has 1 saturated heterocycles. The lowest BCUT2D eigenvalue weighted by Gasteiger charge is -2.14. The molecule has 1 heterocycles. The SMILES string of the molecule is CC(C)Oc1ccccc1/C=C1/SC(=S)N(Cc2ccccc2)C1=O. The van der Waals surface area contributed by atoms with Crippen molar-refractivity contribution in [2.24, 2.45) is 0 Å². The number of amides is 1. The van der Waals surface area contributed by atoms with Gasteiger partial charge in [-0.2, -0.15) is 0 Å². The van der Waals surface area contributed by atoms with Crippen LogP contribution in [0.2, 0.25) is 0 Å². The minimum atomic E-state index is -0.0572. The van der Waals surface area contributed by atoms with Gasteiger partial charge in [-0.1, -0.05) is 72.5 Å². The van der Waals surface area contributed by atoms with Gasteiger partial charge in [0.2, 0.25) is 0 Å². The van der Waals surface area contributed by atoms with E-state index in [0.717, 1.165) is 16.9 Å². The van der Waals surface area contributed by atoms with Gasteiger partial charge < -0.3 is 4.74 Å². The van der Waals surface area contributed by atoms with Crippen molar-refractivity contribution in [3.8, 4) is 5.75 Å². The van der Waals surface area contributed by atoms with Crippen LogP contribution >= 0.6 is 24.0 Å². The Balaban J connectivity index is 1.84. The zero-order valence-corrected chi connectivity index (χ0v) is 15.8. The molecule has 0 atom stereocenters. The number of nitrogens with zero attached hydrogens (tertiary/aromatic N) is 1. The van der Waals surface area contributed by atoms with Crippen LogP contribution in [0.25, 0.3) is 6.08 Å². The number of thioether (sulfide) groups is 1. The molecule has 0 saturated carbocycles. The highest BCUT2D eigenvalue weighted by Crippen LogP contribution is 2.35. The highest BCUT2D eigenvalue weighted by Gasteiger charge is 2.32. The van der Waals surface area contributed by atoms with E-state index in [1.165, 1.54) is 11.8 Å². The van der Waals surface area contributed by atoms with E-state index in [9.17, 15) is 4.79 Å². The lowest BCUT2D eigenvalue weighted by atomic mass is 10.1. The molecule has 1 fully saturated rings. The average Bonchev–Trinajstić information content (AvgIpc) is 2.85. The summed E-state index contributed by atoms with van der Waals surface area (Å²) < 4.78 is 6.41. The van der Waals surface area contributed by atoms with E-state index in [0.29, 0.717) is 15.8 Å². The second-order valence-electron chi connectivity index (χ2n) is 5.96. The molecule has 2 aromatic rings. The molecule has 0 bridgehead atoms. The van der Waals surface area contributed by atoms with Gasteiger partial charge in [0.15, 0.2) is 0 Å². The Bertz CT molecular complexity index is 815. The number of hydrogen-bond acceptors (Lipinski definition) is 4. The van der Waals surface area contributed by atoms with Crippen LogP contribution in [0.1, 0.15) is 25.0 Å². The van der Waals surface area contributed by atoms with Gasteiger partial charge in [0.25, 0.3) is 5.91 Å². The Morgan fingerprint density at radius 1 is 1.12 bits per heavy atom. The highest BCUT2D eigenvalue weighted by molar-refractivity contribution is 8.26. The molecule has 25 heavy (non-hydrogen) atoms. The maximum atomic E-state index is 12.8. The first-order valence-electron chi connectivity index (χ1n) is 8.09. The Morgan fingerprint density at radius 2 is 1.80 bits per heavy atom. The molecule has 0 spiro atoms. The molecule has 0 radical (unpaired) electrons. The molecule has 1 aliphatic heterocycles. The van der Waals surface area contributed by atoms with Crippen molar-refractivity contribution in [1.29, 1.82) is 0 Å². The summed E-state index contributed by atoms with van der Waals surface area (Å²) in [4.78, 5) is 15.0. The van der Waals surface area contributed by atoms with Crippen molar-refractivity contribution in [2.45, 2.75) is 26.5 Å². The van der Waals surface area contributed by atoms with Crippen LogP contribution in [0.3, 0.4) is 0 Å². The number of rotatable bonds is 5. The van der Waals surface area contributed by atoms with E-state index in [-0.39, 0.29) is 12.0 Å². The van der Waals surface area contributed by atoms with Crippen LogP contribution in [-0.4, -0.2) is 21.2 Å². The summed E-state index contributed by atoms with van der Waals surface area (Å²) in [5.74, 6) is 0.712. The van der Waals surface area contributed by atoms with Crippen LogP contribution in [0, 0.1) is 0 Å². The normalized spacial score (nSPS) is 16.1. The fourth-order valence-corrected chi connectivity index (χ4v) is 3.75. The first-order valence-corrected chi connectivity index (χ1v) is 9.32. The Hall–Kier alpha value is -2.11. The van der Waals surface area contributed by atoms with Gasteiger partial charge in [-0.15, -0.1) is 0 Å². The topological polar surface area (TPSA) is 29.5 Å². The number of ether oxygens (including phenoxy) is 1. The molecule has 3 nitrogen and oxygen atoms in total. The maximum absolute atomic E-state index is 12.8. The zero-order chi connectivity index (χ0) is 17.8. The Kier molecular flexibility index (Phi) is 5.56. The molecule has 128 valence electrons. The number of benzene rings is 2. The largest absolute Gasteiger partial charge is 0.490 e. The third-order valence-corrected chi connectivity index (χ3v) is 5.00. The molecule has 5 heteroatoms. The molecule has 3 rings (SSSR count). The first-order chi connectivity index (χ1) is 12.0. The molecule has 2 aromatic carbocycles. The lowest BCUT2D eigenvalue weighted by Crippen LogP contribution is -2.27. The minimum Gasteiger partial charge on any atom is -0.490 e. The molecule has 0 aliphatic carbocycles. The number of hydrogen-bond donors (Lipinski definition) is 0. The summed E-state index contributed by atoms with van der Waals surface area (Å²) in [6.45, 7) is 4.46. The van der Waals surface area contributed by atoms with Crippen LogP contribution in [0.4, 0.5) is 0 Å². The van der Waals surface area contributed by atoms with Gasteiger partial charge in [0, 0.05) is 5.56 Å². The van der Waals surface area contributed by atoms with Crippen molar-refractivity contribution < 1.29 is 9.53 Å². The number of thiocarbonyl (C=S) groups is 1. The van der Waals surface area contributed by atoms with Gasteiger partial charge >= 0.3 is 0 Å². The summed E-state index contributed by atoms with van der Waals surface area (Å²) in [5.41, 5.74) is 1.94. The standard InChI is InChI=1S/C20H19NO2S2/c1-14(2)23-17-11-7-6-10-16(17)12-18-19(22)21(20(24)25-18)13-15-8-4-3-5-9-15/h3-12,14H,13H2,1-2H3/b18-12+. The number of carbonyl (C=O) groups is 1. The third-order valence-electron chi connectivity index (χ3n) is 3.63. The van der Waals surface area contributed by atoms with Crippen LogP contribution < -0.4 is 4.74 Å². The highest BCUT2D eigenvalue weighted by atomic mass is 32.2. The van der Waals surface area contributed by atoms with Gasteiger partial charge in [0.05, 0.1) is 17.6 Å². The first kappa shape index (κ1) is 17.7. The Labute approximate surface area is 157 Å². The monoisotopic (exact) mass is 369 g/mol. The van der Waals surface area contributed by atoms with E-state index in [4.69, 9.17) is 17.0 Å².